The van der Waals surface area contributed by atoms with Crippen LogP contribution in [-0.4, -0.2) is 15.0 Å². The maximum absolute atomic E-state index is 6.09. The van der Waals surface area contributed by atoms with Crippen LogP contribution in [0.5, 0.6) is 0 Å². The molecular formula is C20H21ClN4. The summed E-state index contributed by atoms with van der Waals surface area (Å²) in [6.45, 7) is 2.12. The first-order chi connectivity index (χ1) is 12.2. The lowest BCUT2D eigenvalue weighted by Crippen LogP contribution is -2.07. The molecule has 0 saturated heterocycles. The van der Waals surface area contributed by atoms with Crippen molar-refractivity contribution in [3.05, 3.63) is 77.6 Å². The lowest BCUT2D eigenvalue weighted by molar-refractivity contribution is 0.875. The molecule has 0 saturated carbocycles. The molecule has 3 aromatic heterocycles. The summed E-state index contributed by atoms with van der Waals surface area (Å²) in [6, 6.07) is 18.4. The number of H-pyrrole nitrogens is 1. The van der Waals surface area contributed by atoms with Gasteiger partial charge in [-0.3, -0.25) is 0 Å². The molecule has 1 aromatic carbocycles. The molecule has 0 aliphatic carbocycles. The Hall–Kier alpha value is -2.85. The zero-order chi connectivity index (χ0) is 17.2. The van der Waals surface area contributed by atoms with E-state index >= 15 is 0 Å². The summed E-state index contributed by atoms with van der Waals surface area (Å²) in [5.74, 6) is 0.832. The Bertz CT molecular complexity index is 1020. The van der Waals surface area contributed by atoms with Crippen molar-refractivity contribution in [1.82, 2.24) is 15.0 Å². The third-order valence-electron chi connectivity index (χ3n) is 4.19. The number of halogens is 1. The molecule has 0 amide bonds. The van der Waals surface area contributed by atoms with E-state index in [1.54, 1.807) is 6.20 Å². The molecule has 0 unspecified atom stereocenters. The average molecular weight is 353 g/mol. The standard InChI is InChI=1S/C20H17ClN4.2H2/c1-13(14-6-3-2-4-7-14)24-19-9-5-8-18(25-19)17-12-23-20-16(17)10-15(21)11-22-20;;/h2-13H,1H3,(H,22,23)(H,24,25);2*1H/t13-;;/m1../s1. The highest BCUT2D eigenvalue weighted by molar-refractivity contribution is 6.31. The van der Waals surface area contributed by atoms with Crippen molar-refractivity contribution in [3.63, 3.8) is 0 Å². The third-order valence-corrected chi connectivity index (χ3v) is 4.39. The van der Waals surface area contributed by atoms with Crippen LogP contribution in [0.2, 0.25) is 5.02 Å². The number of fused-ring (bicyclic) bond motifs is 1. The van der Waals surface area contributed by atoms with Gasteiger partial charge >= 0.3 is 0 Å². The predicted octanol–water partition coefficient (Wildman–Crippen LogP) is 5.94. The van der Waals surface area contributed by atoms with Crippen molar-refractivity contribution in [3.8, 4) is 11.3 Å². The molecule has 0 spiro atoms. The van der Waals surface area contributed by atoms with Crippen LogP contribution in [0.1, 0.15) is 21.4 Å². The summed E-state index contributed by atoms with van der Waals surface area (Å²) in [4.78, 5) is 12.2. The number of anilines is 1. The molecule has 0 radical (unpaired) electrons. The second kappa shape index (κ2) is 6.57. The minimum atomic E-state index is 0. The van der Waals surface area contributed by atoms with E-state index in [1.165, 1.54) is 5.56 Å². The number of aromatic amines is 1. The lowest BCUT2D eigenvalue weighted by Gasteiger charge is -2.15. The molecule has 0 aliphatic rings. The fraction of sp³-hybridized carbons (Fsp3) is 0.100. The maximum atomic E-state index is 6.09. The zero-order valence-corrected chi connectivity index (χ0v) is 14.5. The minimum Gasteiger partial charge on any atom is -0.364 e. The predicted molar refractivity (Wildman–Crippen MR) is 107 cm³/mol. The van der Waals surface area contributed by atoms with Gasteiger partial charge < -0.3 is 10.3 Å². The first kappa shape index (κ1) is 15.7. The number of aromatic nitrogens is 3. The number of hydrogen-bond acceptors (Lipinski definition) is 3. The van der Waals surface area contributed by atoms with Crippen LogP contribution in [0.4, 0.5) is 5.82 Å². The Morgan fingerprint density at radius 3 is 2.80 bits per heavy atom. The fourth-order valence-corrected chi connectivity index (χ4v) is 3.06. The van der Waals surface area contributed by atoms with Gasteiger partial charge in [-0.2, -0.15) is 0 Å². The molecule has 25 heavy (non-hydrogen) atoms. The number of hydrogen-bond donors (Lipinski definition) is 2. The Labute approximate surface area is 153 Å². The second-order valence-corrected chi connectivity index (χ2v) is 6.37. The number of nitrogens with zero attached hydrogens (tertiary/aromatic N) is 2. The summed E-state index contributed by atoms with van der Waals surface area (Å²) >= 11 is 6.09. The van der Waals surface area contributed by atoms with Crippen LogP contribution in [0.3, 0.4) is 0 Å². The van der Waals surface area contributed by atoms with E-state index in [1.807, 2.05) is 48.7 Å². The first-order valence-corrected chi connectivity index (χ1v) is 8.50. The van der Waals surface area contributed by atoms with Crippen LogP contribution in [0.25, 0.3) is 22.3 Å². The Kier molecular flexibility index (Phi) is 4.12. The second-order valence-electron chi connectivity index (χ2n) is 5.94. The van der Waals surface area contributed by atoms with Gasteiger partial charge in [-0.15, -0.1) is 0 Å². The van der Waals surface area contributed by atoms with Crippen LogP contribution >= 0.6 is 11.6 Å². The quantitative estimate of drug-likeness (QED) is 0.477. The maximum Gasteiger partial charge on any atom is 0.138 e. The largest absolute Gasteiger partial charge is 0.364 e. The lowest BCUT2D eigenvalue weighted by atomic mass is 10.1. The van der Waals surface area contributed by atoms with E-state index in [0.717, 1.165) is 28.1 Å². The van der Waals surface area contributed by atoms with Gasteiger partial charge in [0.2, 0.25) is 0 Å². The van der Waals surface area contributed by atoms with E-state index in [0.29, 0.717) is 5.02 Å². The fourth-order valence-electron chi connectivity index (χ4n) is 2.90. The molecule has 128 valence electrons. The molecule has 5 heteroatoms. The van der Waals surface area contributed by atoms with Gasteiger partial charge in [-0.25, -0.2) is 9.97 Å². The zero-order valence-electron chi connectivity index (χ0n) is 13.7. The van der Waals surface area contributed by atoms with Gasteiger partial charge in [0.05, 0.1) is 10.7 Å². The number of pyridine rings is 2. The SMILES string of the molecule is C[C@@H](Nc1cccc(-c2c[nH]c3ncc(Cl)cc23)n1)c1ccccc1.[HH].[HH]. The van der Waals surface area contributed by atoms with E-state index < -0.39 is 0 Å². The van der Waals surface area contributed by atoms with Crippen molar-refractivity contribution >= 4 is 28.5 Å². The van der Waals surface area contributed by atoms with Gasteiger partial charge in [0.25, 0.3) is 0 Å². The molecule has 0 bridgehead atoms. The summed E-state index contributed by atoms with van der Waals surface area (Å²) in [7, 11) is 0. The number of rotatable bonds is 4. The number of nitrogens with one attached hydrogen (secondary N) is 2. The van der Waals surface area contributed by atoms with Crippen LogP contribution in [-0.2, 0) is 0 Å². The summed E-state index contributed by atoms with van der Waals surface area (Å²) < 4.78 is 0. The van der Waals surface area contributed by atoms with Gasteiger partial charge in [-0.1, -0.05) is 48.0 Å². The summed E-state index contributed by atoms with van der Waals surface area (Å²) in [6.07, 6.45) is 3.55. The van der Waals surface area contributed by atoms with Gasteiger partial charge in [0.1, 0.15) is 11.5 Å². The number of benzene rings is 1. The highest BCUT2D eigenvalue weighted by Gasteiger charge is 2.11. The minimum absolute atomic E-state index is 0. The molecule has 4 aromatic rings. The summed E-state index contributed by atoms with van der Waals surface area (Å²) in [5, 5.41) is 5.03. The first-order valence-electron chi connectivity index (χ1n) is 8.12. The molecule has 2 N–H and O–H groups in total. The molecule has 0 fully saturated rings. The van der Waals surface area contributed by atoms with Crippen LogP contribution < -0.4 is 5.32 Å². The Morgan fingerprint density at radius 2 is 1.96 bits per heavy atom. The highest BCUT2D eigenvalue weighted by Crippen LogP contribution is 2.29. The van der Waals surface area contributed by atoms with Crippen molar-refractivity contribution in [1.29, 1.82) is 0 Å². The van der Waals surface area contributed by atoms with Gasteiger partial charge in [0, 0.05) is 32.2 Å². The van der Waals surface area contributed by atoms with Gasteiger partial charge in [-0.05, 0) is 30.7 Å². The van der Waals surface area contributed by atoms with E-state index in [4.69, 9.17) is 16.6 Å². The van der Waals surface area contributed by atoms with Gasteiger partial charge in [0.15, 0.2) is 0 Å². The normalized spacial score (nSPS) is 12.2. The van der Waals surface area contributed by atoms with E-state index in [-0.39, 0.29) is 8.90 Å². The molecule has 4 nitrogen and oxygen atoms in total. The Balaban J connectivity index is 0.00000131. The van der Waals surface area contributed by atoms with Crippen molar-refractivity contribution in [2.45, 2.75) is 13.0 Å². The molecule has 1 atom stereocenters. The highest BCUT2D eigenvalue weighted by atomic mass is 35.5. The monoisotopic (exact) mass is 352 g/mol. The molecule has 3 heterocycles. The van der Waals surface area contributed by atoms with Crippen molar-refractivity contribution in [2.24, 2.45) is 0 Å². The van der Waals surface area contributed by atoms with E-state index in [2.05, 4.69) is 34.3 Å². The Morgan fingerprint density at radius 1 is 1.12 bits per heavy atom. The molecule has 0 aliphatic heterocycles. The van der Waals surface area contributed by atoms with Crippen molar-refractivity contribution in [2.75, 3.05) is 5.32 Å². The van der Waals surface area contributed by atoms with Crippen molar-refractivity contribution < 1.29 is 2.85 Å². The molecular weight excluding hydrogens is 332 g/mol. The third kappa shape index (κ3) is 3.21. The smallest absolute Gasteiger partial charge is 0.138 e. The van der Waals surface area contributed by atoms with Crippen LogP contribution in [0, 0.1) is 0 Å². The topological polar surface area (TPSA) is 53.6 Å². The average Bonchev–Trinajstić information content (AvgIpc) is 3.05. The van der Waals surface area contributed by atoms with Crippen LogP contribution in [0.15, 0.2) is 67.0 Å². The van der Waals surface area contributed by atoms with E-state index in [9.17, 15) is 0 Å². The molecule has 4 rings (SSSR count). The summed E-state index contributed by atoms with van der Waals surface area (Å²) in [5.41, 5.74) is 3.89.